The van der Waals surface area contributed by atoms with Crippen LogP contribution in [-0.2, 0) is 42.8 Å². The van der Waals surface area contributed by atoms with Gasteiger partial charge in [-0.3, -0.25) is 9.59 Å². The number of hydrogen-bond donors (Lipinski definition) is 0. The summed E-state index contributed by atoms with van der Waals surface area (Å²) in [6.07, 6.45) is 3.32. The molecule has 2 saturated carbocycles. The van der Waals surface area contributed by atoms with E-state index in [9.17, 15) is 14.4 Å². The number of furan rings is 1. The number of fused-ring (bicyclic) bond motifs is 4. The van der Waals surface area contributed by atoms with E-state index in [-0.39, 0.29) is 23.9 Å². The summed E-state index contributed by atoms with van der Waals surface area (Å²) in [5.41, 5.74) is 1.60. The third-order valence-corrected chi connectivity index (χ3v) is 12.4. The maximum Gasteiger partial charge on any atom is 0.333 e. The Morgan fingerprint density at radius 2 is 1.67 bits per heavy atom. The van der Waals surface area contributed by atoms with Crippen LogP contribution in [0.3, 0.4) is 0 Å². The minimum absolute atomic E-state index is 0.0321. The molecule has 2 saturated heterocycles. The Morgan fingerprint density at radius 3 is 2.28 bits per heavy atom. The molecule has 0 spiro atoms. The highest BCUT2D eigenvalue weighted by Crippen LogP contribution is 2.73. The van der Waals surface area contributed by atoms with E-state index < -0.39 is 64.9 Å². The van der Waals surface area contributed by atoms with Crippen molar-refractivity contribution in [1.29, 1.82) is 0 Å². The fraction of sp³-hybridized carbons (Fsp3) is 0.694. The van der Waals surface area contributed by atoms with Gasteiger partial charge in [0.25, 0.3) is 0 Å². The summed E-state index contributed by atoms with van der Waals surface area (Å²) < 4.78 is 43.9. The molecule has 0 radical (unpaired) electrons. The first-order valence-corrected chi connectivity index (χ1v) is 16.4. The van der Waals surface area contributed by atoms with E-state index in [1.165, 1.54) is 13.8 Å². The van der Waals surface area contributed by atoms with Crippen molar-refractivity contribution in [3.63, 3.8) is 0 Å². The molecule has 10 nitrogen and oxygen atoms in total. The Balaban J connectivity index is 1.62. The lowest BCUT2D eigenvalue weighted by Gasteiger charge is -2.66. The summed E-state index contributed by atoms with van der Waals surface area (Å²) in [6.45, 7) is 15.2. The van der Waals surface area contributed by atoms with Crippen molar-refractivity contribution in [1.82, 2.24) is 0 Å². The van der Waals surface area contributed by atoms with Crippen molar-refractivity contribution >= 4 is 17.9 Å². The molecule has 6 rings (SSSR count). The maximum absolute atomic E-state index is 13.7. The van der Waals surface area contributed by atoms with E-state index in [1.54, 1.807) is 32.6 Å². The van der Waals surface area contributed by atoms with E-state index in [0.29, 0.717) is 31.4 Å². The number of methoxy groups -OCH3 is 1. The van der Waals surface area contributed by atoms with Crippen molar-refractivity contribution in [3.05, 3.63) is 47.0 Å². The number of esters is 3. The van der Waals surface area contributed by atoms with Crippen LogP contribution in [0.4, 0.5) is 0 Å². The normalized spacial score (nSPS) is 43.2. The molecule has 12 atom stereocenters. The summed E-state index contributed by atoms with van der Waals surface area (Å²) in [5.74, 6) is -1.75. The molecule has 0 bridgehead atoms. The van der Waals surface area contributed by atoms with Crippen LogP contribution in [0.1, 0.15) is 86.1 Å². The van der Waals surface area contributed by atoms with E-state index in [0.717, 1.165) is 16.7 Å². The van der Waals surface area contributed by atoms with E-state index >= 15 is 0 Å². The zero-order chi connectivity index (χ0) is 33.3. The molecule has 0 amide bonds. The zero-order valence-electron chi connectivity index (χ0n) is 28.4. The van der Waals surface area contributed by atoms with Crippen LogP contribution in [0.25, 0.3) is 0 Å². The minimum Gasteiger partial charge on any atom is -0.472 e. The second-order valence-electron chi connectivity index (χ2n) is 14.7. The molecule has 2 aliphatic heterocycles. The quantitative estimate of drug-likeness (QED) is 0.167. The van der Waals surface area contributed by atoms with Gasteiger partial charge in [0.05, 0.1) is 31.3 Å². The summed E-state index contributed by atoms with van der Waals surface area (Å²) in [4.78, 5) is 38.9. The predicted octanol–water partition coefficient (Wildman–Crippen LogP) is 5.65. The lowest BCUT2D eigenvalue weighted by atomic mass is 9.39. The van der Waals surface area contributed by atoms with Gasteiger partial charge >= 0.3 is 17.9 Å². The van der Waals surface area contributed by atoms with Crippen molar-refractivity contribution in [2.24, 2.45) is 28.1 Å². The van der Waals surface area contributed by atoms with Crippen LogP contribution in [0.15, 0.2) is 45.8 Å². The van der Waals surface area contributed by atoms with Crippen LogP contribution in [0.5, 0.6) is 0 Å². The average molecular weight is 641 g/mol. The highest BCUT2D eigenvalue weighted by Gasteiger charge is 2.77. The van der Waals surface area contributed by atoms with Crippen molar-refractivity contribution in [2.45, 2.75) is 117 Å². The number of allylic oxidation sites excluding steroid dienone is 2. The van der Waals surface area contributed by atoms with Crippen LogP contribution >= 0.6 is 0 Å². The molecule has 0 unspecified atom stereocenters. The Labute approximate surface area is 271 Å². The summed E-state index contributed by atoms with van der Waals surface area (Å²) in [6, 6.07) is 1.98. The standard InChI is InChI=1S/C36H48O10/c1-10-18(2)33(39)46-32-30-31-34(6,17-42-30)26(43-20(4)37)15-27(44-21(5)38)35(31,7)25-14-28(40-9)45-24-13-23(22-11-12-41-16-22)19(3)29(24)36(25,32)8/h10-12,16,23-28,30-32H,13-15,17H2,1-9H3/b18-10+/t23-,24+,25-,26-,27+,28+,30-,31+,32-,34-,35+,36-/m1/s1. The number of carbonyl (C=O) groups is 3. The molecule has 252 valence electrons. The fourth-order valence-electron chi connectivity index (χ4n) is 10.4. The molecule has 1 aromatic heterocycles. The second-order valence-corrected chi connectivity index (χ2v) is 14.7. The van der Waals surface area contributed by atoms with Gasteiger partial charge in [0, 0.05) is 67.5 Å². The Hall–Kier alpha value is -2.95. The van der Waals surface area contributed by atoms with Crippen molar-refractivity contribution < 1.29 is 47.2 Å². The highest BCUT2D eigenvalue weighted by atomic mass is 16.7. The molecule has 1 aromatic rings. The molecule has 5 aliphatic rings. The molecule has 3 aliphatic carbocycles. The predicted molar refractivity (Wildman–Crippen MR) is 165 cm³/mol. The largest absolute Gasteiger partial charge is 0.472 e. The number of ether oxygens (including phenoxy) is 6. The first kappa shape index (κ1) is 33.0. The summed E-state index contributed by atoms with van der Waals surface area (Å²) in [7, 11) is 1.65. The minimum atomic E-state index is -0.808. The highest BCUT2D eigenvalue weighted by molar-refractivity contribution is 5.87. The lowest BCUT2D eigenvalue weighted by molar-refractivity contribution is -0.262. The number of carbonyl (C=O) groups excluding carboxylic acids is 3. The SMILES string of the molecule is C/C=C(\C)C(=O)O[C@@H]1[C@@H]2OC[C@]3(C)[C@H](OC(C)=O)C[C@H](OC(C)=O)[C@@](C)([C@@H]23)[C@H]2C[C@@H](OC)O[C@H]3C[C@@H](c4ccoc4)C(C)=C3[C@]12C. The molecule has 0 N–H and O–H groups in total. The van der Waals surface area contributed by atoms with Crippen LogP contribution in [0.2, 0.25) is 0 Å². The third kappa shape index (κ3) is 4.72. The first-order valence-electron chi connectivity index (χ1n) is 16.4. The van der Waals surface area contributed by atoms with Gasteiger partial charge in [0.1, 0.15) is 18.3 Å². The van der Waals surface area contributed by atoms with Gasteiger partial charge in [0.15, 0.2) is 6.29 Å². The van der Waals surface area contributed by atoms with Crippen LogP contribution in [-0.4, -0.2) is 68.4 Å². The molecule has 46 heavy (non-hydrogen) atoms. The molecular formula is C36H48O10. The van der Waals surface area contributed by atoms with Gasteiger partial charge in [-0.05, 0) is 50.3 Å². The molecular weight excluding hydrogens is 592 g/mol. The second kappa shape index (κ2) is 11.6. The van der Waals surface area contributed by atoms with Crippen molar-refractivity contribution in [3.8, 4) is 0 Å². The zero-order valence-corrected chi connectivity index (χ0v) is 28.4. The first-order chi connectivity index (χ1) is 21.7. The van der Waals surface area contributed by atoms with E-state index in [1.807, 2.05) is 13.0 Å². The number of hydrogen-bond acceptors (Lipinski definition) is 10. The molecule has 4 fully saturated rings. The Kier molecular flexibility index (Phi) is 8.34. The van der Waals surface area contributed by atoms with E-state index in [4.69, 9.17) is 32.8 Å². The third-order valence-electron chi connectivity index (χ3n) is 12.4. The molecule has 0 aromatic carbocycles. The van der Waals surface area contributed by atoms with Crippen LogP contribution < -0.4 is 0 Å². The topological polar surface area (TPSA) is 120 Å². The van der Waals surface area contributed by atoms with E-state index in [2.05, 4.69) is 27.7 Å². The maximum atomic E-state index is 13.7. The van der Waals surface area contributed by atoms with Gasteiger partial charge in [-0.25, -0.2) is 4.79 Å². The van der Waals surface area contributed by atoms with Gasteiger partial charge in [-0.2, -0.15) is 0 Å². The van der Waals surface area contributed by atoms with Gasteiger partial charge in [-0.1, -0.05) is 32.4 Å². The van der Waals surface area contributed by atoms with Crippen molar-refractivity contribution in [2.75, 3.05) is 13.7 Å². The van der Waals surface area contributed by atoms with Gasteiger partial charge < -0.3 is 32.8 Å². The Morgan fingerprint density at radius 1 is 0.978 bits per heavy atom. The van der Waals surface area contributed by atoms with Gasteiger partial charge in [-0.15, -0.1) is 0 Å². The molecule has 3 heterocycles. The smallest absolute Gasteiger partial charge is 0.333 e. The lowest BCUT2D eigenvalue weighted by Crippen LogP contribution is -2.72. The summed E-state index contributed by atoms with van der Waals surface area (Å²) in [5, 5.41) is 0. The number of rotatable bonds is 6. The monoisotopic (exact) mass is 640 g/mol. The van der Waals surface area contributed by atoms with Gasteiger partial charge in [0.2, 0.25) is 0 Å². The van der Waals surface area contributed by atoms with Crippen LogP contribution in [0, 0.1) is 28.1 Å². The molecule has 10 heteroatoms. The Bertz CT molecular complexity index is 1440. The fourth-order valence-corrected chi connectivity index (χ4v) is 10.4. The average Bonchev–Trinajstić information content (AvgIpc) is 3.71. The summed E-state index contributed by atoms with van der Waals surface area (Å²) >= 11 is 0.